The first kappa shape index (κ1) is 47.2. The molecule has 0 aliphatic heterocycles. The van der Waals surface area contributed by atoms with Crippen LogP contribution in [0.2, 0.25) is 0 Å². The summed E-state index contributed by atoms with van der Waals surface area (Å²) in [5.74, 6) is -0.724. The molecule has 3 aromatic rings. The summed E-state index contributed by atoms with van der Waals surface area (Å²) in [5, 5.41) is 32.9. The van der Waals surface area contributed by atoms with Gasteiger partial charge in [0.25, 0.3) is 0 Å². The van der Waals surface area contributed by atoms with Gasteiger partial charge in [-0.25, -0.2) is 23.0 Å². The summed E-state index contributed by atoms with van der Waals surface area (Å²) in [6.45, 7) is 10.9. The summed E-state index contributed by atoms with van der Waals surface area (Å²) < 4.78 is 29.7. The number of carbonyl (C=O) groups excluding carboxylic acids is 2. The van der Waals surface area contributed by atoms with E-state index in [1.54, 1.807) is 31.5 Å². The molecule has 4 amide bonds. The molecule has 17 heteroatoms. The van der Waals surface area contributed by atoms with Crippen LogP contribution >= 0.6 is 11.3 Å². The quantitative estimate of drug-likeness (QED) is 0.0885. The third kappa shape index (κ3) is 13.0. The molecule has 0 saturated heterocycles. The molecule has 15 nitrogen and oxygen atoms in total. The summed E-state index contributed by atoms with van der Waals surface area (Å²) in [6.07, 6.45) is 2.06. The molecule has 1 fully saturated rings. The van der Waals surface area contributed by atoms with E-state index in [4.69, 9.17) is 0 Å². The van der Waals surface area contributed by atoms with E-state index in [9.17, 15) is 37.9 Å². The first-order valence-electron chi connectivity index (χ1n) is 20.2. The highest BCUT2D eigenvalue weighted by molar-refractivity contribution is 7.89. The molecule has 1 aromatic heterocycles. The van der Waals surface area contributed by atoms with Gasteiger partial charge in [-0.05, 0) is 82.1 Å². The molecular weight excluding hydrogens is 795 g/mol. The maximum Gasteiger partial charge on any atom is 0.408 e. The average Bonchev–Trinajstić information content (AvgIpc) is 3.88. The molecular formula is C42H61N7O8S2. The van der Waals surface area contributed by atoms with Crippen molar-refractivity contribution in [2.24, 2.45) is 17.0 Å². The zero-order valence-corrected chi connectivity index (χ0v) is 36.8. The lowest BCUT2D eigenvalue weighted by Crippen LogP contribution is -2.58. The Morgan fingerprint density at radius 1 is 1.00 bits per heavy atom. The van der Waals surface area contributed by atoms with Crippen LogP contribution in [-0.4, -0.2) is 99.6 Å². The van der Waals surface area contributed by atoms with Gasteiger partial charge in [0.2, 0.25) is 15.9 Å². The van der Waals surface area contributed by atoms with Crippen LogP contribution in [0, 0.1) is 16.7 Å². The molecule has 5 atom stereocenters. The van der Waals surface area contributed by atoms with Gasteiger partial charge in [-0.15, -0.1) is 11.3 Å². The Balaban J connectivity index is 1.54. The van der Waals surface area contributed by atoms with Gasteiger partial charge in [0.15, 0.2) is 0 Å². The fraction of sp³-hybridized carbons (Fsp3) is 0.571. The number of nitrogens with zero attached hydrogens (tertiary/aromatic N) is 5. The Hall–Kier alpha value is -4.45. The van der Waals surface area contributed by atoms with E-state index in [1.165, 1.54) is 37.6 Å². The van der Waals surface area contributed by atoms with Crippen molar-refractivity contribution >= 4 is 39.4 Å². The third-order valence-electron chi connectivity index (χ3n) is 11.0. The normalized spacial score (nSPS) is 16.2. The number of nitroso groups, excluding NO2 is 1. The molecule has 1 aliphatic rings. The van der Waals surface area contributed by atoms with Crippen LogP contribution in [0.4, 0.5) is 9.59 Å². The van der Waals surface area contributed by atoms with E-state index in [0.29, 0.717) is 22.7 Å². The van der Waals surface area contributed by atoms with Crippen molar-refractivity contribution in [1.29, 1.82) is 0 Å². The summed E-state index contributed by atoms with van der Waals surface area (Å²) >= 11 is 1.31. The van der Waals surface area contributed by atoms with Gasteiger partial charge in [0.1, 0.15) is 17.6 Å². The van der Waals surface area contributed by atoms with Crippen molar-refractivity contribution in [2.75, 3.05) is 20.1 Å². The number of aromatic nitrogens is 1. The molecule has 4 N–H and O–H groups in total. The van der Waals surface area contributed by atoms with Crippen LogP contribution in [0.5, 0.6) is 0 Å². The Labute approximate surface area is 352 Å². The van der Waals surface area contributed by atoms with E-state index in [0.717, 1.165) is 31.2 Å². The zero-order valence-electron chi connectivity index (χ0n) is 35.2. The fourth-order valence-corrected chi connectivity index (χ4v) is 9.88. The number of sulfonamides is 1. The highest BCUT2D eigenvalue weighted by Gasteiger charge is 2.36. The first-order valence-corrected chi connectivity index (χ1v) is 22.6. The van der Waals surface area contributed by atoms with Crippen molar-refractivity contribution in [3.63, 3.8) is 0 Å². The molecule has 59 heavy (non-hydrogen) atoms. The number of benzene rings is 2. The molecule has 0 bridgehead atoms. The summed E-state index contributed by atoms with van der Waals surface area (Å²) in [5.41, 5.74) is 1.30. The SMILES string of the molecule is CC[C@H](C)[C@H](NC(=O)N(C)Cc1csc([C@H](C)N(C(=O)O)C(C)(C)C)n1)C(=O)N[C@@H](Cc1ccccc1)[C@H](O)CN(CC1CCCC1)S(=O)(=O)c1ccc(CN=O)cc1. The number of urea groups is 1. The Morgan fingerprint density at radius 2 is 1.64 bits per heavy atom. The maximum absolute atomic E-state index is 14.2. The lowest BCUT2D eigenvalue weighted by molar-refractivity contribution is -0.125. The summed E-state index contributed by atoms with van der Waals surface area (Å²) in [4.78, 5) is 58.1. The molecule has 2 aromatic carbocycles. The number of rotatable bonds is 20. The van der Waals surface area contributed by atoms with Crippen molar-refractivity contribution in [2.45, 2.75) is 128 Å². The molecule has 1 aliphatic carbocycles. The van der Waals surface area contributed by atoms with E-state index >= 15 is 0 Å². The van der Waals surface area contributed by atoms with Crippen molar-refractivity contribution < 1.29 is 33.0 Å². The van der Waals surface area contributed by atoms with Gasteiger partial charge in [-0.2, -0.15) is 9.21 Å². The number of thiazole rings is 1. The number of aliphatic hydroxyl groups is 1. The Morgan fingerprint density at radius 3 is 2.22 bits per heavy atom. The average molecular weight is 856 g/mol. The monoisotopic (exact) mass is 855 g/mol. The molecule has 4 rings (SSSR count). The van der Waals surface area contributed by atoms with Gasteiger partial charge in [0.05, 0.1) is 35.3 Å². The van der Waals surface area contributed by atoms with Crippen LogP contribution in [0.15, 0.2) is 70.0 Å². The number of aliphatic hydroxyl groups excluding tert-OH is 1. The Kier molecular flexibility index (Phi) is 17.0. The number of amides is 4. The molecule has 1 heterocycles. The van der Waals surface area contributed by atoms with Gasteiger partial charge in [-0.1, -0.05) is 80.8 Å². The number of hydrogen-bond acceptors (Lipinski definition) is 10. The van der Waals surface area contributed by atoms with E-state index in [-0.39, 0.29) is 49.3 Å². The van der Waals surface area contributed by atoms with Gasteiger partial charge >= 0.3 is 12.1 Å². The topological polar surface area (TPSA) is 202 Å². The summed E-state index contributed by atoms with van der Waals surface area (Å²) in [7, 11) is -2.52. The minimum absolute atomic E-state index is 0.0279. The van der Waals surface area contributed by atoms with Crippen LogP contribution in [-0.2, 0) is 34.3 Å². The van der Waals surface area contributed by atoms with Crippen molar-refractivity contribution in [1.82, 2.24) is 29.7 Å². The highest BCUT2D eigenvalue weighted by atomic mass is 32.2. The van der Waals surface area contributed by atoms with E-state index in [2.05, 4.69) is 20.8 Å². The molecule has 0 unspecified atom stereocenters. The minimum atomic E-state index is -4.10. The van der Waals surface area contributed by atoms with E-state index in [1.807, 2.05) is 65.0 Å². The predicted octanol–water partition coefficient (Wildman–Crippen LogP) is 6.77. The molecule has 324 valence electrons. The number of carbonyl (C=O) groups is 3. The predicted molar refractivity (Wildman–Crippen MR) is 228 cm³/mol. The first-order chi connectivity index (χ1) is 27.8. The van der Waals surface area contributed by atoms with E-state index < -0.39 is 57.8 Å². The second-order valence-corrected chi connectivity index (χ2v) is 19.4. The van der Waals surface area contributed by atoms with Gasteiger partial charge < -0.3 is 25.7 Å². The van der Waals surface area contributed by atoms with Crippen LogP contribution in [0.1, 0.15) is 102 Å². The lowest BCUT2D eigenvalue weighted by Gasteiger charge is -2.37. The smallest absolute Gasteiger partial charge is 0.408 e. The van der Waals surface area contributed by atoms with Crippen LogP contribution < -0.4 is 10.6 Å². The highest BCUT2D eigenvalue weighted by Crippen LogP contribution is 2.31. The third-order valence-corrected chi connectivity index (χ3v) is 13.9. The second kappa shape index (κ2) is 21.2. The molecule has 0 radical (unpaired) electrons. The molecule has 0 spiro atoms. The maximum atomic E-state index is 14.2. The second-order valence-electron chi connectivity index (χ2n) is 16.6. The summed E-state index contributed by atoms with van der Waals surface area (Å²) in [6, 6.07) is 12.3. The van der Waals surface area contributed by atoms with Crippen LogP contribution in [0.3, 0.4) is 0 Å². The van der Waals surface area contributed by atoms with Crippen LogP contribution in [0.25, 0.3) is 0 Å². The number of nitrogens with one attached hydrogen (secondary N) is 2. The zero-order chi connectivity index (χ0) is 43.5. The largest absolute Gasteiger partial charge is 0.465 e. The minimum Gasteiger partial charge on any atom is -0.465 e. The fourth-order valence-electron chi connectivity index (χ4n) is 7.49. The van der Waals surface area contributed by atoms with Crippen molar-refractivity contribution in [3.05, 3.63) is 86.7 Å². The number of hydrogen-bond donors (Lipinski definition) is 4. The lowest BCUT2D eigenvalue weighted by atomic mass is 9.96. The molecule has 1 saturated carbocycles. The van der Waals surface area contributed by atoms with Crippen molar-refractivity contribution in [3.8, 4) is 0 Å². The number of carboxylic acid groups (broad SMARTS) is 1. The standard InChI is InChI=1S/C42H61N7O8S2/c1-8-28(2)37(46-40(52)47(7)25-33-27-58-39(44-33)29(3)49(41(53)54)42(4,5)6)38(51)45-35(22-30-14-10-9-11-15-30)36(50)26-48(24-32-16-12-13-17-32)59(56,57)34-20-18-31(19-21-34)23-43-55/h9-11,14-15,18-21,27-29,32,35-37,50H,8,12-13,16-17,22-26H2,1-7H3,(H,45,51)(H,46,52)(H,53,54)/t28-,29-,35-,36+,37-/m0/s1. The van der Waals surface area contributed by atoms with Gasteiger partial charge in [-0.3, -0.25) is 9.69 Å². The Bertz CT molecular complexity index is 1950. The van der Waals surface area contributed by atoms with Gasteiger partial charge in [0, 0.05) is 31.1 Å².